The Balaban J connectivity index is 2.11. The summed E-state index contributed by atoms with van der Waals surface area (Å²) in [6, 6.07) is 4.96. The molecule has 2 rings (SSSR count). The average Bonchev–Trinajstić information content (AvgIpc) is 2.96. The van der Waals surface area contributed by atoms with E-state index in [1.54, 1.807) is 0 Å². The molecular weight excluding hydrogens is 234 g/mol. The topological polar surface area (TPSA) is 28.2 Å². The van der Waals surface area contributed by atoms with Gasteiger partial charge in [-0.2, -0.15) is 0 Å². The minimum Gasteiger partial charge on any atom is -0.354 e. The van der Waals surface area contributed by atoms with E-state index in [-0.39, 0.29) is 0 Å². The lowest BCUT2D eigenvalue weighted by Gasteiger charge is -2.30. The molecule has 1 N–H and O–H groups in total. The molecule has 0 aromatic carbocycles. The highest BCUT2D eigenvalue weighted by Gasteiger charge is 2.23. The summed E-state index contributed by atoms with van der Waals surface area (Å²) in [5.41, 5.74) is 1.34. The van der Waals surface area contributed by atoms with Crippen molar-refractivity contribution in [3.8, 4) is 0 Å². The van der Waals surface area contributed by atoms with Gasteiger partial charge in [-0.05, 0) is 38.8 Å². The molecule has 1 aromatic rings. The zero-order chi connectivity index (χ0) is 13.5. The van der Waals surface area contributed by atoms with Crippen LogP contribution in [0.1, 0.15) is 51.5 Å². The molecule has 3 nitrogen and oxygen atoms in total. The van der Waals surface area contributed by atoms with E-state index in [9.17, 15) is 0 Å². The van der Waals surface area contributed by atoms with Crippen molar-refractivity contribution in [3.63, 3.8) is 0 Å². The maximum Gasteiger partial charge on any atom is 0.133 e. The van der Waals surface area contributed by atoms with Gasteiger partial charge in [0, 0.05) is 30.9 Å². The summed E-state index contributed by atoms with van der Waals surface area (Å²) in [5.74, 6) is 1.19. The highest BCUT2D eigenvalue weighted by Crippen LogP contribution is 2.28. The fourth-order valence-electron chi connectivity index (χ4n) is 3.02. The third-order valence-electron chi connectivity index (χ3n) is 3.99. The van der Waals surface area contributed by atoms with Crippen molar-refractivity contribution in [1.29, 1.82) is 0 Å². The van der Waals surface area contributed by atoms with Crippen molar-refractivity contribution in [3.05, 3.63) is 23.9 Å². The van der Waals surface area contributed by atoms with E-state index in [4.69, 9.17) is 0 Å². The predicted octanol–water partition coefficient (Wildman–Crippen LogP) is 3.35. The van der Waals surface area contributed by atoms with Crippen molar-refractivity contribution in [2.75, 3.05) is 18.0 Å². The summed E-state index contributed by atoms with van der Waals surface area (Å²) in [6.45, 7) is 7.51. The van der Waals surface area contributed by atoms with E-state index in [0.717, 1.165) is 19.6 Å². The number of nitrogens with one attached hydrogen (secondary N) is 1. The molecule has 0 amide bonds. The third-order valence-corrected chi connectivity index (χ3v) is 3.99. The molecule has 0 aliphatic heterocycles. The molecule has 0 radical (unpaired) electrons. The normalized spacial score (nSPS) is 15.9. The van der Waals surface area contributed by atoms with Crippen LogP contribution in [0.4, 0.5) is 5.82 Å². The molecule has 0 bridgehead atoms. The molecule has 19 heavy (non-hydrogen) atoms. The molecule has 0 saturated heterocycles. The first-order valence-corrected chi connectivity index (χ1v) is 7.78. The van der Waals surface area contributed by atoms with Gasteiger partial charge in [0.2, 0.25) is 0 Å². The Bertz CT molecular complexity index is 372. The number of hydrogen-bond donors (Lipinski definition) is 1. The summed E-state index contributed by atoms with van der Waals surface area (Å²) in [6.07, 6.45) is 8.50. The first-order valence-electron chi connectivity index (χ1n) is 7.78. The number of anilines is 1. The number of aromatic nitrogens is 1. The van der Waals surface area contributed by atoms with Crippen LogP contribution < -0.4 is 10.2 Å². The summed E-state index contributed by atoms with van der Waals surface area (Å²) in [5, 5.41) is 3.49. The fraction of sp³-hybridized carbons (Fsp3) is 0.688. The van der Waals surface area contributed by atoms with Crippen LogP contribution in [-0.2, 0) is 6.54 Å². The molecule has 0 unspecified atom stereocenters. The standard InChI is InChI=1S/C16H27N3/c1-3-11-17-13-14-8-7-12-18-16(14)19(4-2)15-9-5-6-10-15/h7-8,12,15,17H,3-6,9-11,13H2,1-2H3. The van der Waals surface area contributed by atoms with Crippen LogP contribution in [0.3, 0.4) is 0 Å². The quantitative estimate of drug-likeness (QED) is 0.763. The second-order valence-corrected chi connectivity index (χ2v) is 5.39. The van der Waals surface area contributed by atoms with E-state index in [1.165, 1.54) is 43.5 Å². The lowest BCUT2D eigenvalue weighted by atomic mass is 10.1. The molecular formula is C16H27N3. The number of rotatable bonds is 7. The van der Waals surface area contributed by atoms with Crippen molar-refractivity contribution >= 4 is 5.82 Å². The maximum absolute atomic E-state index is 4.66. The van der Waals surface area contributed by atoms with Crippen molar-refractivity contribution < 1.29 is 0 Å². The van der Waals surface area contributed by atoms with Gasteiger partial charge in [-0.15, -0.1) is 0 Å². The van der Waals surface area contributed by atoms with Crippen molar-refractivity contribution in [2.45, 2.75) is 58.5 Å². The fourth-order valence-corrected chi connectivity index (χ4v) is 3.02. The van der Waals surface area contributed by atoms with Gasteiger partial charge in [0.1, 0.15) is 5.82 Å². The number of pyridine rings is 1. The lowest BCUT2D eigenvalue weighted by Crippen LogP contribution is -2.35. The molecule has 1 saturated carbocycles. The van der Waals surface area contributed by atoms with Crippen molar-refractivity contribution in [2.24, 2.45) is 0 Å². The summed E-state index contributed by atoms with van der Waals surface area (Å²) >= 11 is 0. The highest BCUT2D eigenvalue weighted by atomic mass is 15.2. The molecule has 1 aliphatic carbocycles. The SMILES string of the molecule is CCCNCc1cccnc1N(CC)C1CCCC1. The summed E-state index contributed by atoms with van der Waals surface area (Å²) in [7, 11) is 0. The van der Waals surface area contributed by atoms with Gasteiger partial charge in [0.05, 0.1) is 0 Å². The molecule has 106 valence electrons. The molecule has 0 atom stereocenters. The van der Waals surface area contributed by atoms with Crippen LogP contribution in [0.2, 0.25) is 0 Å². The average molecular weight is 261 g/mol. The Hall–Kier alpha value is -1.09. The van der Waals surface area contributed by atoms with E-state index < -0.39 is 0 Å². The van der Waals surface area contributed by atoms with E-state index in [1.807, 2.05) is 6.20 Å². The molecule has 1 aromatic heterocycles. The zero-order valence-corrected chi connectivity index (χ0v) is 12.4. The van der Waals surface area contributed by atoms with Gasteiger partial charge in [-0.25, -0.2) is 4.98 Å². The second-order valence-electron chi connectivity index (χ2n) is 5.39. The lowest BCUT2D eigenvalue weighted by molar-refractivity contribution is 0.604. The largest absolute Gasteiger partial charge is 0.354 e. The molecule has 1 fully saturated rings. The predicted molar refractivity (Wildman–Crippen MR) is 81.5 cm³/mol. The molecule has 1 heterocycles. The Kier molecular flexibility index (Phi) is 5.64. The first kappa shape index (κ1) is 14.3. The minimum atomic E-state index is 0.699. The Morgan fingerprint density at radius 2 is 2.11 bits per heavy atom. The molecule has 0 spiro atoms. The molecule has 1 aliphatic rings. The van der Waals surface area contributed by atoms with Gasteiger partial charge in [-0.3, -0.25) is 0 Å². The second kappa shape index (κ2) is 7.49. The monoisotopic (exact) mass is 261 g/mol. The summed E-state index contributed by atoms with van der Waals surface area (Å²) < 4.78 is 0. The zero-order valence-electron chi connectivity index (χ0n) is 12.4. The Morgan fingerprint density at radius 1 is 1.32 bits per heavy atom. The van der Waals surface area contributed by atoms with Crippen LogP contribution in [0.5, 0.6) is 0 Å². The minimum absolute atomic E-state index is 0.699. The number of nitrogens with zero attached hydrogens (tertiary/aromatic N) is 2. The maximum atomic E-state index is 4.66. The van der Waals surface area contributed by atoms with E-state index in [2.05, 4.69) is 41.2 Å². The van der Waals surface area contributed by atoms with Gasteiger partial charge in [-0.1, -0.05) is 25.8 Å². The Labute approximate surface area is 117 Å². The Morgan fingerprint density at radius 3 is 2.79 bits per heavy atom. The van der Waals surface area contributed by atoms with Crippen LogP contribution in [0.25, 0.3) is 0 Å². The van der Waals surface area contributed by atoms with Crippen LogP contribution in [-0.4, -0.2) is 24.1 Å². The van der Waals surface area contributed by atoms with Gasteiger partial charge in [0.15, 0.2) is 0 Å². The van der Waals surface area contributed by atoms with Gasteiger partial charge < -0.3 is 10.2 Å². The highest BCUT2D eigenvalue weighted by molar-refractivity contribution is 5.47. The summed E-state index contributed by atoms with van der Waals surface area (Å²) in [4.78, 5) is 7.17. The van der Waals surface area contributed by atoms with Crippen LogP contribution in [0.15, 0.2) is 18.3 Å². The van der Waals surface area contributed by atoms with E-state index >= 15 is 0 Å². The number of hydrogen-bond acceptors (Lipinski definition) is 3. The van der Waals surface area contributed by atoms with Crippen LogP contribution >= 0.6 is 0 Å². The molecule has 3 heteroatoms. The van der Waals surface area contributed by atoms with Gasteiger partial charge in [0.25, 0.3) is 0 Å². The van der Waals surface area contributed by atoms with Crippen LogP contribution in [0, 0.1) is 0 Å². The van der Waals surface area contributed by atoms with Gasteiger partial charge >= 0.3 is 0 Å². The van der Waals surface area contributed by atoms with Crippen molar-refractivity contribution in [1.82, 2.24) is 10.3 Å². The third kappa shape index (κ3) is 3.69. The van der Waals surface area contributed by atoms with E-state index in [0.29, 0.717) is 6.04 Å². The smallest absolute Gasteiger partial charge is 0.133 e. The first-order chi connectivity index (χ1) is 9.36.